The molecule has 0 aliphatic carbocycles. The minimum absolute atomic E-state index is 0.548. The van der Waals surface area contributed by atoms with Crippen molar-refractivity contribution in [1.82, 2.24) is 0 Å². The first-order valence-electron chi connectivity index (χ1n) is 8.87. The van der Waals surface area contributed by atoms with Crippen molar-refractivity contribution in [2.45, 2.75) is 79.1 Å². The molecule has 0 aromatic rings. The Hall–Kier alpha value is -0.0800. The monoisotopic (exact) mass is 286 g/mol. The molecule has 0 fully saturated rings. The zero-order chi connectivity index (χ0) is 15.1. The zero-order valence-electron chi connectivity index (χ0n) is 14.5. The van der Waals surface area contributed by atoms with Crippen LogP contribution in [0.5, 0.6) is 0 Å². The molecule has 0 rings (SSSR count). The Bertz CT molecular complexity index is 164. The van der Waals surface area contributed by atoms with Crippen LogP contribution in [0.1, 0.15) is 79.1 Å². The Balaban J connectivity index is 3.51. The van der Waals surface area contributed by atoms with Crippen LogP contribution in [-0.2, 0) is 9.47 Å². The third-order valence-electron chi connectivity index (χ3n) is 3.89. The highest BCUT2D eigenvalue weighted by molar-refractivity contribution is 4.61. The summed E-state index contributed by atoms with van der Waals surface area (Å²) in [6, 6.07) is 0. The van der Waals surface area contributed by atoms with Crippen molar-refractivity contribution in [2.24, 2.45) is 11.8 Å². The van der Waals surface area contributed by atoms with Gasteiger partial charge in [0.05, 0.1) is 13.2 Å². The maximum atomic E-state index is 5.82. The van der Waals surface area contributed by atoms with Gasteiger partial charge in [-0.3, -0.25) is 0 Å². The molecule has 0 N–H and O–H groups in total. The van der Waals surface area contributed by atoms with Gasteiger partial charge in [0, 0.05) is 19.1 Å². The van der Waals surface area contributed by atoms with Crippen molar-refractivity contribution in [3.63, 3.8) is 0 Å². The molecule has 0 aromatic heterocycles. The Labute approximate surface area is 127 Å². The van der Waals surface area contributed by atoms with E-state index in [1.807, 2.05) is 0 Å². The van der Waals surface area contributed by atoms with Crippen molar-refractivity contribution >= 4 is 0 Å². The largest absolute Gasteiger partial charge is 0.381 e. The highest BCUT2D eigenvalue weighted by Gasteiger charge is 2.13. The summed E-state index contributed by atoms with van der Waals surface area (Å²) in [4.78, 5) is 0. The summed E-state index contributed by atoms with van der Waals surface area (Å²) in [7, 11) is 0. The van der Waals surface area contributed by atoms with Crippen molar-refractivity contribution in [3.05, 3.63) is 0 Å². The van der Waals surface area contributed by atoms with Gasteiger partial charge in [0.1, 0.15) is 0 Å². The van der Waals surface area contributed by atoms with E-state index in [2.05, 4.69) is 27.7 Å². The fourth-order valence-corrected chi connectivity index (χ4v) is 2.16. The number of unbranched alkanes of at least 4 members (excludes halogenated alkanes) is 6. The Kier molecular flexibility index (Phi) is 15.3. The lowest BCUT2D eigenvalue weighted by atomic mass is 9.98. The molecular formula is C18H38O2. The Morgan fingerprint density at radius 3 is 1.45 bits per heavy atom. The molecule has 0 spiro atoms. The first-order chi connectivity index (χ1) is 9.72. The number of hydrogen-bond donors (Lipinski definition) is 0. The van der Waals surface area contributed by atoms with E-state index in [1.54, 1.807) is 0 Å². The third kappa shape index (κ3) is 12.9. The molecule has 0 unspecified atom stereocenters. The van der Waals surface area contributed by atoms with E-state index in [-0.39, 0.29) is 0 Å². The molecule has 20 heavy (non-hydrogen) atoms. The highest BCUT2D eigenvalue weighted by Crippen LogP contribution is 2.13. The van der Waals surface area contributed by atoms with Crippen LogP contribution in [0.15, 0.2) is 0 Å². The maximum absolute atomic E-state index is 5.82. The van der Waals surface area contributed by atoms with Gasteiger partial charge in [-0.2, -0.15) is 0 Å². The van der Waals surface area contributed by atoms with Crippen molar-refractivity contribution in [2.75, 3.05) is 26.4 Å². The molecule has 0 aromatic carbocycles. The summed E-state index contributed by atoms with van der Waals surface area (Å²) in [6.07, 6.45) is 10.3. The van der Waals surface area contributed by atoms with Gasteiger partial charge in [-0.15, -0.1) is 0 Å². The van der Waals surface area contributed by atoms with Crippen LogP contribution in [0.2, 0.25) is 0 Å². The molecule has 0 bridgehead atoms. The summed E-state index contributed by atoms with van der Waals surface area (Å²) in [5.41, 5.74) is 0. The molecular weight excluding hydrogens is 248 g/mol. The van der Waals surface area contributed by atoms with Gasteiger partial charge in [-0.1, -0.05) is 66.2 Å². The number of rotatable bonds is 15. The van der Waals surface area contributed by atoms with Gasteiger partial charge in [-0.05, 0) is 18.8 Å². The standard InChI is InChI=1S/C18H38O2/c1-5-7-9-11-13-19-15-18(17(3)4)16-20-14-12-10-8-6-2/h17-18H,5-16H2,1-4H3. The first kappa shape index (κ1) is 19.9. The van der Waals surface area contributed by atoms with Crippen LogP contribution < -0.4 is 0 Å². The van der Waals surface area contributed by atoms with Gasteiger partial charge < -0.3 is 9.47 Å². The second kappa shape index (κ2) is 15.3. The van der Waals surface area contributed by atoms with Crippen molar-refractivity contribution < 1.29 is 9.47 Å². The lowest BCUT2D eigenvalue weighted by Gasteiger charge is -2.21. The lowest BCUT2D eigenvalue weighted by molar-refractivity contribution is 0.0197. The van der Waals surface area contributed by atoms with Crippen LogP contribution in [-0.4, -0.2) is 26.4 Å². The maximum Gasteiger partial charge on any atom is 0.0518 e. The smallest absolute Gasteiger partial charge is 0.0518 e. The highest BCUT2D eigenvalue weighted by atomic mass is 16.5. The molecule has 122 valence electrons. The van der Waals surface area contributed by atoms with Gasteiger partial charge in [-0.25, -0.2) is 0 Å². The van der Waals surface area contributed by atoms with E-state index in [0.29, 0.717) is 11.8 Å². The second-order valence-electron chi connectivity index (χ2n) is 6.28. The summed E-state index contributed by atoms with van der Waals surface area (Å²) in [5.74, 6) is 1.19. The minimum Gasteiger partial charge on any atom is -0.381 e. The van der Waals surface area contributed by atoms with Gasteiger partial charge >= 0.3 is 0 Å². The van der Waals surface area contributed by atoms with Crippen molar-refractivity contribution in [1.29, 1.82) is 0 Å². The molecule has 0 saturated carbocycles. The van der Waals surface area contributed by atoms with Gasteiger partial charge in [0.25, 0.3) is 0 Å². The Morgan fingerprint density at radius 1 is 0.650 bits per heavy atom. The fraction of sp³-hybridized carbons (Fsp3) is 1.00. The van der Waals surface area contributed by atoms with Crippen molar-refractivity contribution in [3.8, 4) is 0 Å². The lowest BCUT2D eigenvalue weighted by Crippen LogP contribution is -2.22. The van der Waals surface area contributed by atoms with E-state index >= 15 is 0 Å². The van der Waals surface area contributed by atoms with E-state index in [0.717, 1.165) is 26.4 Å². The predicted octanol–water partition coefficient (Wildman–Crippen LogP) is 5.45. The number of hydrogen-bond acceptors (Lipinski definition) is 2. The topological polar surface area (TPSA) is 18.5 Å². The van der Waals surface area contributed by atoms with Gasteiger partial charge in [0.15, 0.2) is 0 Å². The fourth-order valence-electron chi connectivity index (χ4n) is 2.16. The van der Waals surface area contributed by atoms with Crippen LogP contribution in [0.3, 0.4) is 0 Å². The molecule has 2 nitrogen and oxygen atoms in total. The molecule has 0 saturated heterocycles. The predicted molar refractivity (Wildman–Crippen MR) is 88.3 cm³/mol. The molecule has 0 heterocycles. The van der Waals surface area contributed by atoms with E-state index in [9.17, 15) is 0 Å². The normalized spacial score (nSPS) is 11.7. The average Bonchev–Trinajstić information content (AvgIpc) is 2.43. The summed E-state index contributed by atoms with van der Waals surface area (Å²) < 4.78 is 11.6. The van der Waals surface area contributed by atoms with Crippen LogP contribution in [0.25, 0.3) is 0 Å². The summed E-state index contributed by atoms with van der Waals surface area (Å²) in [6.45, 7) is 12.6. The molecule has 0 radical (unpaired) electrons. The quantitative estimate of drug-likeness (QED) is 0.373. The van der Waals surface area contributed by atoms with Crippen LogP contribution in [0, 0.1) is 11.8 Å². The second-order valence-corrected chi connectivity index (χ2v) is 6.28. The molecule has 0 atom stereocenters. The van der Waals surface area contributed by atoms with Crippen LogP contribution in [0.4, 0.5) is 0 Å². The molecule has 2 heteroatoms. The zero-order valence-corrected chi connectivity index (χ0v) is 14.5. The van der Waals surface area contributed by atoms with Gasteiger partial charge in [0.2, 0.25) is 0 Å². The number of ether oxygens (including phenoxy) is 2. The minimum atomic E-state index is 0.548. The molecule has 0 aliphatic rings. The van der Waals surface area contributed by atoms with Crippen LogP contribution >= 0.6 is 0 Å². The third-order valence-corrected chi connectivity index (χ3v) is 3.89. The first-order valence-corrected chi connectivity index (χ1v) is 8.87. The Morgan fingerprint density at radius 2 is 1.10 bits per heavy atom. The molecule has 0 amide bonds. The van der Waals surface area contributed by atoms with E-state index in [1.165, 1.54) is 51.4 Å². The summed E-state index contributed by atoms with van der Waals surface area (Å²) in [5, 5.41) is 0. The molecule has 0 aliphatic heterocycles. The summed E-state index contributed by atoms with van der Waals surface area (Å²) >= 11 is 0. The SMILES string of the molecule is CCCCCCOCC(COCCCCCC)C(C)C. The van der Waals surface area contributed by atoms with E-state index < -0.39 is 0 Å². The average molecular weight is 286 g/mol. The van der Waals surface area contributed by atoms with E-state index in [4.69, 9.17) is 9.47 Å².